The van der Waals surface area contributed by atoms with Gasteiger partial charge in [-0.3, -0.25) is 9.89 Å². The molecule has 0 saturated carbocycles. The molecule has 2 atom stereocenters. The van der Waals surface area contributed by atoms with E-state index in [2.05, 4.69) is 39.1 Å². The summed E-state index contributed by atoms with van der Waals surface area (Å²) in [4.78, 5) is 13.0. The summed E-state index contributed by atoms with van der Waals surface area (Å²) in [6.07, 6.45) is 0.238. The Morgan fingerprint density at radius 3 is 2.58 bits per heavy atom. The van der Waals surface area contributed by atoms with Crippen molar-refractivity contribution in [3.05, 3.63) is 52.5 Å². The Morgan fingerprint density at radius 2 is 1.94 bits per heavy atom. The van der Waals surface area contributed by atoms with Gasteiger partial charge in [0.05, 0.1) is 25.3 Å². The second kappa shape index (κ2) is 11.4. The lowest BCUT2D eigenvalue weighted by Crippen LogP contribution is -2.51. The average molecular weight is 559 g/mol. The standard InChI is InChI=1S/C22H30FN5OS.HI/c1-17-16-28(12-13-29-17)20(21-3-2-14-30-21)15-25-22(24)27-10-8-26(9-11-27)19-6-4-18(23)5-7-19;/h2-7,14,17,20H,8-13,15-16H2,1H3,(H2,24,25);1H. The third-order valence-corrected chi connectivity index (χ3v) is 6.78. The van der Waals surface area contributed by atoms with Gasteiger partial charge in [0, 0.05) is 49.8 Å². The summed E-state index contributed by atoms with van der Waals surface area (Å²) in [5, 5.41) is 2.12. The van der Waals surface area contributed by atoms with E-state index < -0.39 is 0 Å². The third kappa shape index (κ3) is 6.30. The molecule has 2 unspecified atom stereocenters. The van der Waals surface area contributed by atoms with Crippen LogP contribution in [0.5, 0.6) is 0 Å². The summed E-state index contributed by atoms with van der Waals surface area (Å²) in [7, 11) is 0. The summed E-state index contributed by atoms with van der Waals surface area (Å²) < 4.78 is 18.9. The van der Waals surface area contributed by atoms with Gasteiger partial charge in [-0.15, -0.1) is 35.3 Å². The van der Waals surface area contributed by atoms with Gasteiger partial charge < -0.3 is 20.3 Å². The molecule has 6 nitrogen and oxygen atoms in total. The number of morpholine rings is 1. The Morgan fingerprint density at radius 1 is 1.19 bits per heavy atom. The first kappa shape index (κ1) is 24.2. The SMILES string of the molecule is CC1CN(C(CN=C(N)N2CCN(c3ccc(F)cc3)CC2)c2cccs2)CCO1.I. The van der Waals surface area contributed by atoms with Crippen LogP contribution in [0.2, 0.25) is 0 Å². The van der Waals surface area contributed by atoms with Gasteiger partial charge in [0.25, 0.3) is 0 Å². The number of anilines is 1. The van der Waals surface area contributed by atoms with Crippen LogP contribution < -0.4 is 10.6 Å². The Hall–Kier alpha value is -1.43. The molecule has 1 aromatic carbocycles. The fraction of sp³-hybridized carbons (Fsp3) is 0.500. The molecule has 3 heterocycles. The Bertz CT molecular complexity index is 827. The van der Waals surface area contributed by atoms with E-state index in [4.69, 9.17) is 15.5 Å². The molecule has 31 heavy (non-hydrogen) atoms. The zero-order valence-electron chi connectivity index (χ0n) is 17.8. The predicted molar refractivity (Wildman–Crippen MR) is 136 cm³/mol. The summed E-state index contributed by atoms with van der Waals surface area (Å²) in [5.41, 5.74) is 7.43. The molecule has 2 aliphatic rings. The molecular weight excluding hydrogens is 528 g/mol. The summed E-state index contributed by atoms with van der Waals surface area (Å²) in [6, 6.07) is 11.2. The van der Waals surface area contributed by atoms with Crippen LogP contribution in [-0.4, -0.2) is 74.3 Å². The number of piperazine rings is 1. The van der Waals surface area contributed by atoms with Crippen LogP contribution in [0.25, 0.3) is 0 Å². The van der Waals surface area contributed by atoms with Crippen LogP contribution in [0.1, 0.15) is 17.8 Å². The third-order valence-electron chi connectivity index (χ3n) is 5.81. The van der Waals surface area contributed by atoms with Crippen molar-refractivity contribution in [3.8, 4) is 0 Å². The lowest BCUT2D eigenvalue weighted by Gasteiger charge is -2.38. The first-order valence-corrected chi connectivity index (χ1v) is 11.4. The highest BCUT2D eigenvalue weighted by molar-refractivity contribution is 14.0. The number of rotatable bonds is 5. The number of hydrogen-bond acceptors (Lipinski definition) is 5. The van der Waals surface area contributed by atoms with Crippen molar-refractivity contribution in [2.45, 2.75) is 19.1 Å². The second-order valence-electron chi connectivity index (χ2n) is 7.86. The molecule has 2 N–H and O–H groups in total. The van der Waals surface area contributed by atoms with Gasteiger partial charge in [-0.05, 0) is 42.6 Å². The molecule has 0 radical (unpaired) electrons. The van der Waals surface area contributed by atoms with Gasteiger partial charge >= 0.3 is 0 Å². The number of nitrogens with two attached hydrogens (primary N) is 1. The number of ether oxygens (including phenoxy) is 1. The van der Waals surface area contributed by atoms with E-state index in [-0.39, 0.29) is 41.9 Å². The maximum absolute atomic E-state index is 13.2. The van der Waals surface area contributed by atoms with E-state index in [1.807, 2.05) is 12.1 Å². The van der Waals surface area contributed by atoms with E-state index in [9.17, 15) is 4.39 Å². The highest BCUT2D eigenvalue weighted by Gasteiger charge is 2.27. The Balaban J connectivity index is 0.00000272. The first-order valence-electron chi connectivity index (χ1n) is 10.5. The molecule has 1 aromatic heterocycles. The van der Waals surface area contributed by atoms with Crippen LogP contribution in [0.4, 0.5) is 10.1 Å². The van der Waals surface area contributed by atoms with Crippen molar-refractivity contribution in [1.82, 2.24) is 9.80 Å². The largest absolute Gasteiger partial charge is 0.376 e. The van der Waals surface area contributed by atoms with Crippen molar-refractivity contribution in [2.24, 2.45) is 10.7 Å². The molecule has 2 aliphatic heterocycles. The van der Waals surface area contributed by atoms with Gasteiger partial charge in [-0.25, -0.2) is 4.39 Å². The maximum Gasteiger partial charge on any atom is 0.191 e. The molecule has 2 aromatic rings. The van der Waals surface area contributed by atoms with Crippen molar-refractivity contribution < 1.29 is 9.13 Å². The highest BCUT2D eigenvalue weighted by atomic mass is 127. The molecule has 4 rings (SSSR count). The van der Waals surface area contributed by atoms with E-state index in [0.29, 0.717) is 12.5 Å². The lowest BCUT2D eigenvalue weighted by molar-refractivity contribution is -0.0327. The first-order chi connectivity index (χ1) is 14.6. The van der Waals surface area contributed by atoms with E-state index >= 15 is 0 Å². The van der Waals surface area contributed by atoms with Crippen molar-refractivity contribution in [2.75, 3.05) is 57.3 Å². The maximum atomic E-state index is 13.2. The fourth-order valence-corrected chi connectivity index (χ4v) is 4.97. The molecule has 9 heteroatoms. The van der Waals surface area contributed by atoms with Crippen LogP contribution in [-0.2, 0) is 4.74 Å². The zero-order chi connectivity index (χ0) is 20.9. The fourth-order valence-electron chi connectivity index (χ4n) is 4.12. The van der Waals surface area contributed by atoms with Gasteiger partial charge in [0.1, 0.15) is 5.82 Å². The predicted octanol–water partition coefficient (Wildman–Crippen LogP) is 3.40. The Kier molecular flexibility index (Phi) is 8.94. The molecule has 0 amide bonds. The highest BCUT2D eigenvalue weighted by Crippen LogP contribution is 2.27. The van der Waals surface area contributed by atoms with Gasteiger partial charge in [-0.2, -0.15) is 0 Å². The molecule has 0 aliphatic carbocycles. The average Bonchev–Trinajstić information content (AvgIpc) is 3.29. The molecule has 2 saturated heterocycles. The number of aliphatic imine (C=N–C) groups is 1. The molecule has 2 fully saturated rings. The number of halogens is 2. The second-order valence-corrected chi connectivity index (χ2v) is 8.84. The minimum atomic E-state index is -0.205. The minimum Gasteiger partial charge on any atom is -0.376 e. The molecule has 170 valence electrons. The Labute approximate surface area is 204 Å². The summed E-state index contributed by atoms with van der Waals surface area (Å²) >= 11 is 1.77. The summed E-state index contributed by atoms with van der Waals surface area (Å²) in [6.45, 7) is 8.66. The van der Waals surface area contributed by atoms with Gasteiger partial charge in [0.15, 0.2) is 5.96 Å². The van der Waals surface area contributed by atoms with Crippen molar-refractivity contribution in [3.63, 3.8) is 0 Å². The minimum absolute atomic E-state index is 0. The quantitative estimate of drug-likeness (QED) is 0.346. The normalized spacial score (nSPS) is 21.6. The van der Waals surface area contributed by atoms with Gasteiger partial charge in [-0.1, -0.05) is 6.07 Å². The monoisotopic (exact) mass is 559 g/mol. The van der Waals surface area contributed by atoms with E-state index in [0.717, 1.165) is 51.6 Å². The number of benzene rings is 1. The molecular formula is C22H31FIN5OS. The van der Waals surface area contributed by atoms with Crippen LogP contribution in [0, 0.1) is 5.82 Å². The zero-order valence-corrected chi connectivity index (χ0v) is 21.0. The van der Waals surface area contributed by atoms with Gasteiger partial charge in [0.2, 0.25) is 0 Å². The van der Waals surface area contributed by atoms with E-state index in [1.165, 1.54) is 17.0 Å². The number of hydrogen-bond donors (Lipinski definition) is 1. The molecule has 0 bridgehead atoms. The van der Waals surface area contributed by atoms with Crippen molar-refractivity contribution >= 4 is 47.0 Å². The van der Waals surface area contributed by atoms with Crippen molar-refractivity contribution in [1.29, 1.82) is 0 Å². The lowest BCUT2D eigenvalue weighted by atomic mass is 10.1. The topological polar surface area (TPSA) is 57.3 Å². The summed E-state index contributed by atoms with van der Waals surface area (Å²) in [5.74, 6) is 0.403. The number of nitrogens with zero attached hydrogens (tertiary/aromatic N) is 4. The smallest absolute Gasteiger partial charge is 0.191 e. The van der Waals surface area contributed by atoms with Crippen LogP contribution >= 0.6 is 35.3 Å². The van der Waals surface area contributed by atoms with Crippen LogP contribution in [0.15, 0.2) is 46.8 Å². The van der Waals surface area contributed by atoms with E-state index in [1.54, 1.807) is 11.3 Å². The number of guanidine groups is 1. The van der Waals surface area contributed by atoms with Crippen LogP contribution in [0.3, 0.4) is 0 Å². The number of thiophene rings is 1. The molecule has 0 spiro atoms.